The highest BCUT2D eigenvalue weighted by atomic mass is 15.1. The van der Waals surface area contributed by atoms with Crippen molar-refractivity contribution in [1.82, 2.24) is 0 Å². The smallest absolute Gasteiger partial charge is 0.205 e. The van der Waals surface area contributed by atoms with Gasteiger partial charge in [-0.05, 0) is 41.0 Å². The molecule has 0 radical (unpaired) electrons. The van der Waals surface area contributed by atoms with Crippen LogP contribution in [0.25, 0.3) is 24.3 Å². The van der Waals surface area contributed by atoms with E-state index in [2.05, 4.69) is 165 Å². The zero-order valence-corrected chi connectivity index (χ0v) is 20.3. The molecule has 168 valence electrons. The lowest BCUT2D eigenvalue weighted by molar-refractivity contribution is -0.673. The minimum Gasteiger partial charge on any atom is -0.378 e. The number of hydrogen-bond donors (Lipinski definition) is 0. The van der Waals surface area contributed by atoms with Crippen LogP contribution in [0, 0.1) is 0 Å². The molecule has 0 atom stereocenters. The Morgan fingerprint density at radius 1 is 0.545 bits per heavy atom. The molecule has 0 aliphatic rings. The van der Waals surface area contributed by atoms with E-state index >= 15 is 0 Å². The SMILES string of the molecule is CN(C)c1ccc(/C=C/C=C/c2cc[n+](C)c(/C=C/C=C/c3ccc(N(C)C)cc3)c2)cc1. The third kappa shape index (κ3) is 7.36. The van der Waals surface area contributed by atoms with Crippen molar-refractivity contribution in [2.45, 2.75) is 0 Å². The summed E-state index contributed by atoms with van der Waals surface area (Å²) in [6.45, 7) is 0. The molecule has 3 nitrogen and oxygen atoms in total. The van der Waals surface area contributed by atoms with Crippen LogP contribution in [0.15, 0.2) is 91.2 Å². The molecule has 3 heteroatoms. The zero-order valence-electron chi connectivity index (χ0n) is 20.3. The van der Waals surface area contributed by atoms with Crippen molar-refractivity contribution in [2.24, 2.45) is 7.05 Å². The van der Waals surface area contributed by atoms with Crippen molar-refractivity contribution < 1.29 is 4.57 Å². The van der Waals surface area contributed by atoms with Crippen molar-refractivity contribution in [1.29, 1.82) is 0 Å². The number of nitrogens with zero attached hydrogens (tertiary/aromatic N) is 3. The van der Waals surface area contributed by atoms with Gasteiger partial charge < -0.3 is 9.80 Å². The molecule has 0 aliphatic heterocycles. The van der Waals surface area contributed by atoms with Crippen LogP contribution in [0.1, 0.15) is 22.4 Å². The van der Waals surface area contributed by atoms with Crippen LogP contribution < -0.4 is 14.4 Å². The van der Waals surface area contributed by atoms with Gasteiger partial charge in [0.25, 0.3) is 0 Å². The van der Waals surface area contributed by atoms with E-state index in [0.29, 0.717) is 0 Å². The van der Waals surface area contributed by atoms with Crippen molar-refractivity contribution in [3.8, 4) is 0 Å². The Labute approximate surface area is 198 Å². The van der Waals surface area contributed by atoms with Crippen LogP contribution in [0.5, 0.6) is 0 Å². The number of pyridine rings is 1. The molecule has 0 N–H and O–H groups in total. The third-order valence-electron chi connectivity index (χ3n) is 5.39. The van der Waals surface area contributed by atoms with Crippen LogP contribution in [0.2, 0.25) is 0 Å². The Morgan fingerprint density at radius 3 is 1.42 bits per heavy atom. The van der Waals surface area contributed by atoms with Gasteiger partial charge >= 0.3 is 0 Å². The number of anilines is 2. The summed E-state index contributed by atoms with van der Waals surface area (Å²) in [7, 11) is 10.3. The fourth-order valence-electron chi connectivity index (χ4n) is 3.30. The summed E-state index contributed by atoms with van der Waals surface area (Å²) < 4.78 is 2.12. The van der Waals surface area contributed by atoms with Gasteiger partial charge in [-0.15, -0.1) is 0 Å². The van der Waals surface area contributed by atoms with Crippen LogP contribution in [-0.2, 0) is 7.05 Å². The third-order valence-corrected chi connectivity index (χ3v) is 5.39. The molecule has 0 fully saturated rings. The number of allylic oxidation sites excluding steroid dienone is 4. The van der Waals surface area contributed by atoms with Crippen molar-refractivity contribution in [2.75, 3.05) is 38.0 Å². The minimum absolute atomic E-state index is 1.15. The quantitative estimate of drug-likeness (QED) is 0.312. The highest BCUT2D eigenvalue weighted by Gasteiger charge is 2.02. The van der Waals surface area contributed by atoms with Crippen molar-refractivity contribution in [3.05, 3.63) is 114 Å². The van der Waals surface area contributed by atoms with Crippen LogP contribution in [0.3, 0.4) is 0 Å². The average Bonchev–Trinajstić information content (AvgIpc) is 2.81. The van der Waals surface area contributed by atoms with Gasteiger partial charge in [0.15, 0.2) is 6.20 Å². The van der Waals surface area contributed by atoms with Crippen molar-refractivity contribution >= 4 is 35.7 Å². The predicted molar refractivity (Wildman–Crippen MR) is 145 cm³/mol. The van der Waals surface area contributed by atoms with Gasteiger partial charge in [0, 0.05) is 57.8 Å². The lowest BCUT2D eigenvalue weighted by Gasteiger charge is -2.11. The molecule has 0 saturated carbocycles. The van der Waals surface area contributed by atoms with Gasteiger partial charge in [0.2, 0.25) is 5.69 Å². The van der Waals surface area contributed by atoms with Crippen molar-refractivity contribution in [3.63, 3.8) is 0 Å². The van der Waals surface area contributed by atoms with E-state index in [0.717, 1.165) is 5.69 Å². The summed E-state index contributed by atoms with van der Waals surface area (Å²) >= 11 is 0. The normalized spacial score (nSPS) is 11.9. The molecule has 0 saturated heterocycles. The molecular formula is C30H34N3+. The highest BCUT2D eigenvalue weighted by Crippen LogP contribution is 2.14. The molecule has 0 bridgehead atoms. The fraction of sp³-hybridized carbons (Fsp3) is 0.167. The maximum atomic E-state index is 2.19. The number of hydrogen-bond acceptors (Lipinski definition) is 2. The molecule has 0 spiro atoms. The van der Waals surface area contributed by atoms with Gasteiger partial charge in [0.1, 0.15) is 7.05 Å². The Hall–Kier alpha value is -3.85. The second-order valence-corrected chi connectivity index (χ2v) is 8.40. The first kappa shape index (κ1) is 23.8. The molecule has 1 aromatic heterocycles. The minimum atomic E-state index is 1.15. The van der Waals surface area contributed by atoms with E-state index in [9.17, 15) is 0 Å². The Balaban J connectivity index is 1.61. The van der Waals surface area contributed by atoms with E-state index in [1.807, 2.05) is 0 Å². The molecule has 1 heterocycles. The first-order chi connectivity index (χ1) is 15.9. The van der Waals surface area contributed by atoms with Gasteiger partial charge in [-0.1, -0.05) is 66.8 Å². The number of rotatable bonds is 8. The van der Waals surface area contributed by atoms with Gasteiger partial charge in [-0.25, -0.2) is 4.57 Å². The molecule has 0 amide bonds. The van der Waals surface area contributed by atoms with E-state index in [-0.39, 0.29) is 0 Å². The number of aryl methyl sites for hydroxylation is 1. The van der Waals surface area contributed by atoms with Gasteiger partial charge in [-0.3, -0.25) is 0 Å². The maximum absolute atomic E-state index is 2.19. The Bertz CT molecular complexity index is 1150. The average molecular weight is 437 g/mol. The van der Waals surface area contributed by atoms with Gasteiger partial charge in [0.05, 0.1) is 0 Å². The van der Waals surface area contributed by atoms with Gasteiger partial charge in [-0.2, -0.15) is 0 Å². The predicted octanol–water partition coefficient (Wildman–Crippen LogP) is 6.10. The van der Waals surface area contributed by atoms with E-state index in [1.54, 1.807) is 0 Å². The number of aromatic nitrogens is 1. The Morgan fingerprint density at radius 2 is 0.970 bits per heavy atom. The maximum Gasteiger partial charge on any atom is 0.205 e. The summed E-state index contributed by atoms with van der Waals surface area (Å²) in [4.78, 5) is 4.21. The summed E-state index contributed by atoms with van der Waals surface area (Å²) in [5.74, 6) is 0. The molecule has 0 unspecified atom stereocenters. The standard InChI is InChI=1S/C30H34N3/c1-31(2)28-18-14-25(15-19-28)10-6-7-12-27-22-23-33(5)30(24-27)13-9-8-11-26-16-20-29(21-17-26)32(3)4/h6-24H,1-5H3/q+1. The van der Waals surface area contributed by atoms with E-state index < -0.39 is 0 Å². The molecule has 0 aliphatic carbocycles. The summed E-state index contributed by atoms with van der Waals surface area (Å²) in [5, 5.41) is 0. The second-order valence-electron chi connectivity index (χ2n) is 8.40. The molecule has 3 rings (SSSR count). The highest BCUT2D eigenvalue weighted by molar-refractivity contribution is 5.61. The summed E-state index contributed by atoms with van der Waals surface area (Å²) in [5.41, 5.74) is 7.11. The topological polar surface area (TPSA) is 10.4 Å². The van der Waals surface area contributed by atoms with E-state index in [4.69, 9.17) is 0 Å². The lowest BCUT2D eigenvalue weighted by Crippen LogP contribution is -2.30. The van der Waals surface area contributed by atoms with Crippen LogP contribution in [-0.4, -0.2) is 28.2 Å². The van der Waals surface area contributed by atoms with E-state index in [1.165, 1.54) is 28.1 Å². The van der Waals surface area contributed by atoms with Crippen LogP contribution >= 0.6 is 0 Å². The monoisotopic (exact) mass is 436 g/mol. The Kier molecular flexibility index (Phi) is 8.43. The van der Waals surface area contributed by atoms with Crippen LogP contribution in [0.4, 0.5) is 11.4 Å². The summed E-state index contributed by atoms with van der Waals surface area (Å²) in [6, 6.07) is 21.4. The first-order valence-corrected chi connectivity index (χ1v) is 11.2. The molecular weight excluding hydrogens is 402 g/mol. The molecule has 3 aromatic rings. The second kappa shape index (κ2) is 11.7. The first-order valence-electron chi connectivity index (χ1n) is 11.2. The molecule has 33 heavy (non-hydrogen) atoms. The fourth-order valence-corrected chi connectivity index (χ4v) is 3.30. The summed E-state index contributed by atoms with van der Waals surface area (Å²) in [6.07, 6.45) is 18.9. The zero-order chi connectivity index (χ0) is 23.6. The largest absolute Gasteiger partial charge is 0.378 e. The lowest BCUT2D eigenvalue weighted by atomic mass is 10.1. The number of benzene rings is 2. The molecule has 2 aromatic carbocycles.